The Hall–Kier alpha value is -0.200. The van der Waals surface area contributed by atoms with Crippen LogP contribution >= 0.6 is 23.2 Å². The predicted molar refractivity (Wildman–Crippen MR) is 80.5 cm³/mol. The summed E-state index contributed by atoms with van der Waals surface area (Å²) in [6.07, 6.45) is 6.53. The summed E-state index contributed by atoms with van der Waals surface area (Å²) >= 11 is 12.2. The van der Waals surface area contributed by atoms with Crippen molar-refractivity contribution in [2.24, 2.45) is 17.8 Å². The van der Waals surface area contributed by atoms with Crippen molar-refractivity contribution in [3.8, 4) is 0 Å². The van der Waals surface area contributed by atoms with E-state index in [9.17, 15) is 0 Å². The Bertz CT molecular complexity index is 380. The number of halogens is 2. The molecule has 1 aromatic carbocycles. The van der Waals surface area contributed by atoms with E-state index in [1.165, 1.54) is 31.2 Å². The van der Waals surface area contributed by atoms with Gasteiger partial charge in [-0.3, -0.25) is 0 Å². The Morgan fingerprint density at radius 1 is 1.06 bits per heavy atom. The molecule has 0 radical (unpaired) electrons. The van der Waals surface area contributed by atoms with Crippen LogP contribution in [0.2, 0.25) is 10.0 Å². The van der Waals surface area contributed by atoms with E-state index in [0.29, 0.717) is 0 Å². The molecule has 0 spiro atoms. The molecule has 1 aromatic rings. The topological polar surface area (TPSA) is 0 Å². The van der Waals surface area contributed by atoms with Crippen LogP contribution in [-0.4, -0.2) is 0 Å². The van der Waals surface area contributed by atoms with Crippen molar-refractivity contribution >= 4 is 23.2 Å². The van der Waals surface area contributed by atoms with Gasteiger partial charge in [0.15, 0.2) is 0 Å². The van der Waals surface area contributed by atoms with E-state index in [0.717, 1.165) is 34.2 Å². The molecule has 0 nitrogen and oxygen atoms in total. The van der Waals surface area contributed by atoms with Gasteiger partial charge in [0.05, 0.1) is 0 Å². The molecule has 0 bridgehead atoms. The Labute approximate surface area is 121 Å². The largest absolute Gasteiger partial charge is 0.0843 e. The lowest BCUT2D eigenvalue weighted by Crippen LogP contribution is -2.25. The van der Waals surface area contributed by atoms with Gasteiger partial charge in [-0.05, 0) is 60.8 Å². The van der Waals surface area contributed by atoms with Crippen LogP contribution in [0.25, 0.3) is 0 Å². The van der Waals surface area contributed by atoms with E-state index in [1.807, 2.05) is 6.07 Å². The van der Waals surface area contributed by atoms with Gasteiger partial charge in [0.25, 0.3) is 0 Å². The summed E-state index contributed by atoms with van der Waals surface area (Å²) in [5.74, 6) is 2.57. The zero-order chi connectivity index (χ0) is 13.1. The van der Waals surface area contributed by atoms with Crippen molar-refractivity contribution < 1.29 is 0 Å². The summed E-state index contributed by atoms with van der Waals surface area (Å²) in [5.41, 5.74) is 1.30. The first kappa shape index (κ1) is 14.2. The smallest absolute Gasteiger partial charge is 0.0423 e. The van der Waals surface area contributed by atoms with Gasteiger partial charge in [0, 0.05) is 10.0 Å². The van der Waals surface area contributed by atoms with Crippen molar-refractivity contribution in [1.29, 1.82) is 0 Å². The zero-order valence-corrected chi connectivity index (χ0v) is 12.8. The van der Waals surface area contributed by atoms with Crippen LogP contribution in [0.15, 0.2) is 18.2 Å². The summed E-state index contributed by atoms with van der Waals surface area (Å²) < 4.78 is 0. The fourth-order valence-corrected chi connectivity index (χ4v) is 3.93. The fourth-order valence-electron chi connectivity index (χ4n) is 3.36. The standard InChI is InChI=1S/C16H22Cl2/c1-3-13-6-11(2)4-5-14(13)7-12-8-15(17)10-16(18)9-12/h8-11,13-14H,3-7H2,1-2H3/t11-,13+,14?/m1/s1. The van der Waals surface area contributed by atoms with Gasteiger partial charge in [-0.25, -0.2) is 0 Å². The highest BCUT2D eigenvalue weighted by molar-refractivity contribution is 6.34. The molecule has 0 aromatic heterocycles. The first-order valence-corrected chi connectivity index (χ1v) is 7.79. The molecular weight excluding hydrogens is 263 g/mol. The van der Waals surface area contributed by atoms with Crippen LogP contribution in [0.1, 0.15) is 45.1 Å². The highest BCUT2D eigenvalue weighted by Gasteiger charge is 2.27. The Morgan fingerprint density at radius 2 is 1.72 bits per heavy atom. The summed E-state index contributed by atoms with van der Waals surface area (Å²) in [6, 6.07) is 5.95. The molecule has 2 heteroatoms. The molecule has 100 valence electrons. The van der Waals surface area contributed by atoms with E-state index >= 15 is 0 Å². The molecule has 0 N–H and O–H groups in total. The summed E-state index contributed by atoms with van der Waals surface area (Å²) in [5, 5.41) is 1.52. The summed E-state index contributed by atoms with van der Waals surface area (Å²) in [6.45, 7) is 4.70. The number of rotatable bonds is 3. The molecule has 2 rings (SSSR count). The van der Waals surface area contributed by atoms with Crippen molar-refractivity contribution in [3.05, 3.63) is 33.8 Å². The zero-order valence-electron chi connectivity index (χ0n) is 11.3. The molecular formula is C16H22Cl2. The molecule has 1 aliphatic rings. The second-order valence-electron chi connectivity index (χ2n) is 5.83. The van der Waals surface area contributed by atoms with Gasteiger partial charge >= 0.3 is 0 Å². The van der Waals surface area contributed by atoms with E-state index in [4.69, 9.17) is 23.2 Å². The Morgan fingerprint density at radius 3 is 2.33 bits per heavy atom. The van der Waals surface area contributed by atoms with Gasteiger partial charge < -0.3 is 0 Å². The maximum atomic E-state index is 6.08. The van der Waals surface area contributed by atoms with E-state index in [-0.39, 0.29) is 0 Å². The fraction of sp³-hybridized carbons (Fsp3) is 0.625. The second kappa shape index (κ2) is 6.30. The highest BCUT2D eigenvalue weighted by Crippen LogP contribution is 2.38. The Kier molecular flexibility index (Phi) is 4.98. The summed E-state index contributed by atoms with van der Waals surface area (Å²) in [7, 11) is 0. The Balaban J connectivity index is 2.07. The monoisotopic (exact) mass is 284 g/mol. The third-order valence-electron chi connectivity index (χ3n) is 4.35. The van der Waals surface area contributed by atoms with E-state index in [1.54, 1.807) is 0 Å². The number of benzene rings is 1. The quantitative estimate of drug-likeness (QED) is 0.639. The van der Waals surface area contributed by atoms with Crippen molar-refractivity contribution in [1.82, 2.24) is 0 Å². The molecule has 0 amide bonds. The molecule has 3 atom stereocenters. The molecule has 0 aliphatic heterocycles. The average Bonchev–Trinajstić information content (AvgIpc) is 2.30. The molecule has 1 saturated carbocycles. The molecule has 0 saturated heterocycles. The number of hydrogen-bond acceptors (Lipinski definition) is 0. The van der Waals surface area contributed by atoms with Gasteiger partial charge in [-0.2, -0.15) is 0 Å². The first-order chi connectivity index (χ1) is 8.58. The maximum absolute atomic E-state index is 6.08. The van der Waals surface area contributed by atoms with E-state index in [2.05, 4.69) is 26.0 Å². The van der Waals surface area contributed by atoms with Gasteiger partial charge in [-0.15, -0.1) is 0 Å². The molecule has 1 aliphatic carbocycles. The normalized spacial score (nSPS) is 28.3. The number of hydrogen-bond donors (Lipinski definition) is 0. The minimum absolute atomic E-state index is 0.759. The molecule has 18 heavy (non-hydrogen) atoms. The lowest BCUT2D eigenvalue weighted by molar-refractivity contribution is 0.183. The highest BCUT2D eigenvalue weighted by atomic mass is 35.5. The van der Waals surface area contributed by atoms with Crippen molar-refractivity contribution in [2.75, 3.05) is 0 Å². The molecule has 1 unspecified atom stereocenters. The van der Waals surface area contributed by atoms with Gasteiger partial charge in [0.1, 0.15) is 0 Å². The average molecular weight is 285 g/mol. The van der Waals surface area contributed by atoms with Crippen LogP contribution in [0.3, 0.4) is 0 Å². The second-order valence-corrected chi connectivity index (χ2v) is 6.70. The van der Waals surface area contributed by atoms with Crippen LogP contribution in [-0.2, 0) is 6.42 Å². The van der Waals surface area contributed by atoms with Crippen LogP contribution in [0, 0.1) is 17.8 Å². The SMILES string of the molecule is CC[C@H]1C[C@H](C)CCC1Cc1cc(Cl)cc(Cl)c1. The van der Waals surface area contributed by atoms with Crippen LogP contribution in [0.4, 0.5) is 0 Å². The lowest BCUT2D eigenvalue weighted by Gasteiger charge is -2.34. The molecule has 1 fully saturated rings. The predicted octanol–water partition coefficient (Wildman–Crippen LogP) is 6.00. The maximum Gasteiger partial charge on any atom is 0.0423 e. The van der Waals surface area contributed by atoms with Crippen molar-refractivity contribution in [3.63, 3.8) is 0 Å². The van der Waals surface area contributed by atoms with Gasteiger partial charge in [-0.1, -0.05) is 49.9 Å². The van der Waals surface area contributed by atoms with Gasteiger partial charge in [0.2, 0.25) is 0 Å². The lowest BCUT2D eigenvalue weighted by atomic mass is 9.71. The van der Waals surface area contributed by atoms with Crippen molar-refractivity contribution in [2.45, 2.75) is 46.0 Å². The van der Waals surface area contributed by atoms with Crippen LogP contribution in [0.5, 0.6) is 0 Å². The van der Waals surface area contributed by atoms with Crippen LogP contribution < -0.4 is 0 Å². The third kappa shape index (κ3) is 3.65. The first-order valence-electron chi connectivity index (χ1n) is 7.03. The third-order valence-corrected chi connectivity index (χ3v) is 4.78. The minimum Gasteiger partial charge on any atom is -0.0843 e. The molecule has 0 heterocycles. The van der Waals surface area contributed by atoms with E-state index < -0.39 is 0 Å². The summed E-state index contributed by atoms with van der Waals surface area (Å²) in [4.78, 5) is 0. The minimum atomic E-state index is 0.759.